The number of hydrogen-bond donors (Lipinski definition) is 0. The third-order valence-electron chi connectivity index (χ3n) is 3.71. The van der Waals surface area contributed by atoms with Crippen LogP contribution in [0.15, 0.2) is 30.3 Å². The van der Waals surface area contributed by atoms with E-state index < -0.39 is 22.8 Å². The van der Waals surface area contributed by atoms with Crippen LogP contribution in [0.4, 0.5) is 13.2 Å². The average Bonchev–Trinajstić information content (AvgIpc) is 2.90. The molecule has 0 amide bonds. The fourth-order valence-electron chi connectivity index (χ4n) is 2.66. The van der Waals surface area contributed by atoms with Gasteiger partial charge in [-0.15, -0.1) is 11.6 Å². The Morgan fingerprint density at radius 1 is 0.850 bits per heavy atom. The van der Waals surface area contributed by atoms with Crippen LogP contribution in [0.3, 0.4) is 0 Å². The van der Waals surface area contributed by atoms with Crippen molar-refractivity contribution in [2.24, 2.45) is 0 Å². The number of benzene rings is 2. The zero-order valence-corrected chi connectivity index (χ0v) is 11.4. The maximum absolute atomic E-state index is 13.3. The summed E-state index contributed by atoms with van der Waals surface area (Å²) in [7, 11) is 0. The second-order valence-corrected chi connectivity index (χ2v) is 5.48. The van der Waals surface area contributed by atoms with Crippen LogP contribution >= 0.6 is 11.6 Å². The fourth-order valence-corrected chi connectivity index (χ4v) is 2.93. The highest BCUT2D eigenvalue weighted by atomic mass is 35.5. The Balaban J connectivity index is 1.98. The minimum atomic E-state index is -1.47. The second-order valence-electron chi connectivity index (χ2n) is 5.04. The van der Waals surface area contributed by atoms with Crippen LogP contribution in [-0.4, -0.2) is 0 Å². The van der Waals surface area contributed by atoms with Gasteiger partial charge in [0.15, 0.2) is 17.5 Å². The summed E-state index contributed by atoms with van der Waals surface area (Å²) in [6.07, 6.45) is 3.17. The van der Waals surface area contributed by atoms with Crippen molar-refractivity contribution < 1.29 is 13.2 Å². The molecule has 0 N–H and O–H groups in total. The Kier molecular flexibility index (Phi) is 3.47. The average molecular weight is 297 g/mol. The van der Waals surface area contributed by atoms with Gasteiger partial charge < -0.3 is 0 Å². The van der Waals surface area contributed by atoms with Crippen LogP contribution in [0.1, 0.15) is 34.1 Å². The number of rotatable bonds is 2. The van der Waals surface area contributed by atoms with Gasteiger partial charge in [-0.25, -0.2) is 13.2 Å². The lowest BCUT2D eigenvalue weighted by molar-refractivity contribution is 0.445. The number of hydrogen-bond acceptors (Lipinski definition) is 0. The van der Waals surface area contributed by atoms with Crippen molar-refractivity contribution in [3.05, 3.63) is 70.0 Å². The summed E-state index contributed by atoms with van der Waals surface area (Å²) in [5, 5.41) is -0.689. The molecule has 1 aliphatic rings. The Labute approximate surface area is 120 Å². The van der Waals surface area contributed by atoms with Crippen LogP contribution in [0.25, 0.3) is 0 Å². The van der Waals surface area contributed by atoms with E-state index in [9.17, 15) is 13.2 Å². The van der Waals surface area contributed by atoms with E-state index in [2.05, 4.69) is 0 Å². The van der Waals surface area contributed by atoms with Crippen LogP contribution in [-0.2, 0) is 12.8 Å². The minimum Gasteiger partial charge on any atom is -0.204 e. The maximum Gasteiger partial charge on any atom is 0.194 e. The van der Waals surface area contributed by atoms with Crippen LogP contribution in [0.2, 0.25) is 0 Å². The van der Waals surface area contributed by atoms with Crippen molar-refractivity contribution in [3.8, 4) is 0 Å². The molecule has 2 aromatic carbocycles. The van der Waals surface area contributed by atoms with E-state index in [1.165, 1.54) is 11.1 Å². The normalized spacial score (nSPS) is 15.2. The predicted molar refractivity (Wildman–Crippen MR) is 72.5 cm³/mol. The Hall–Kier alpha value is -1.48. The van der Waals surface area contributed by atoms with Crippen molar-refractivity contribution in [2.45, 2.75) is 24.6 Å². The summed E-state index contributed by atoms with van der Waals surface area (Å²) in [5.74, 6) is -3.90. The van der Waals surface area contributed by atoms with E-state index in [0.717, 1.165) is 37.0 Å². The maximum atomic E-state index is 13.3. The number of alkyl halides is 1. The van der Waals surface area contributed by atoms with Crippen molar-refractivity contribution in [3.63, 3.8) is 0 Å². The van der Waals surface area contributed by atoms with E-state index in [4.69, 9.17) is 11.6 Å². The highest BCUT2D eigenvalue weighted by molar-refractivity contribution is 6.22. The van der Waals surface area contributed by atoms with Crippen molar-refractivity contribution in [1.29, 1.82) is 0 Å². The molecule has 0 nitrogen and oxygen atoms in total. The molecular weight excluding hydrogens is 285 g/mol. The quantitative estimate of drug-likeness (QED) is 0.545. The van der Waals surface area contributed by atoms with Crippen LogP contribution in [0.5, 0.6) is 0 Å². The van der Waals surface area contributed by atoms with Gasteiger partial charge in [-0.3, -0.25) is 0 Å². The Morgan fingerprint density at radius 3 is 2.20 bits per heavy atom. The molecule has 4 heteroatoms. The zero-order chi connectivity index (χ0) is 14.3. The molecule has 0 radical (unpaired) electrons. The molecule has 3 rings (SSSR count). The summed E-state index contributed by atoms with van der Waals surface area (Å²) in [6.45, 7) is 0. The van der Waals surface area contributed by atoms with Gasteiger partial charge in [-0.1, -0.05) is 18.2 Å². The third-order valence-corrected chi connectivity index (χ3v) is 4.22. The lowest BCUT2D eigenvalue weighted by Crippen LogP contribution is -1.99. The summed E-state index contributed by atoms with van der Waals surface area (Å²) in [4.78, 5) is 0. The first-order chi connectivity index (χ1) is 9.56. The molecule has 1 atom stereocenters. The molecule has 0 heterocycles. The van der Waals surface area contributed by atoms with Crippen LogP contribution < -0.4 is 0 Å². The largest absolute Gasteiger partial charge is 0.204 e. The molecule has 104 valence electrons. The highest BCUT2D eigenvalue weighted by Crippen LogP contribution is 2.33. The number of aryl methyl sites for hydroxylation is 2. The van der Waals surface area contributed by atoms with Crippen LogP contribution in [0, 0.1) is 17.5 Å². The van der Waals surface area contributed by atoms with E-state index in [1.54, 1.807) is 0 Å². The SMILES string of the molecule is Fc1cc(C(Cl)c2ccc3c(c2)CCC3)cc(F)c1F. The summed E-state index contributed by atoms with van der Waals surface area (Å²) >= 11 is 6.27. The van der Waals surface area contributed by atoms with Crippen molar-refractivity contribution in [2.75, 3.05) is 0 Å². The fraction of sp³-hybridized carbons (Fsp3) is 0.250. The van der Waals surface area contributed by atoms with E-state index in [-0.39, 0.29) is 5.56 Å². The van der Waals surface area contributed by atoms with Gasteiger partial charge in [0.1, 0.15) is 0 Å². The monoisotopic (exact) mass is 296 g/mol. The lowest BCUT2D eigenvalue weighted by atomic mass is 10.00. The van der Waals surface area contributed by atoms with E-state index in [1.807, 2.05) is 18.2 Å². The summed E-state index contributed by atoms with van der Waals surface area (Å²) < 4.78 is 39.5. The molecule has 0 aromatic heterocycles. The standard InChI is InChI=1S/C16H12ClF3/c17-15(12-7-13(18)16(20)14(19)8-12)11-5-4-9-2-1-3-10(9)6-11/h4-8,15H,1-3H2. The summed E-state index contributed by atoms with van der Waals surface area (Å²) in [6, 6.07) is 7.73. The molecule has 1 aliphatic carbocycles. The molecule has 0 spiro atoms. The Morgan fingerprint density at radius 2 is 1.50 bits per heavy atom. The van der Waals surface area contributed by atoms with Gasteiger partial charge >= 0.3 is 0 Å². The molecule has 20 heavy (non-hydrogen) atoms. The topological polar surface area (TPSA) is 0 Å². The molecule has 0 saturated heterocycles. The molecule has 0 saturated carbocycles. The predicted octanol–water partition coefficient (Wildman–Crippen LogP) is 4.92. The molecular formula is C16H12ClF3. The molecule has 0 fully saturated rings. The van der Waals surface area contributed by atoms with Gasteiger partial charge in [0.25, 0.3) is 0 Å². The first-order valence-corrected chi connectivity index (χ1v) is 6.90. The smallest absolute Gasteiger partial charge is 0.194 e. The molecule has 2 aromatic rings. The van der Waals surface area contributed by atoms with E-state index >= 15 is 0 Å². The van der Waals surface area contributed by atoms with Gasteiger partial charge in [0, 0.05) is 0 Å². The van der Waals surface area contributed by atoms with Gasteiger partial charge in [0.2, 0.25) is 0 Å². The molecule has 0 bridgehead atoms. The second kappa shape index (κ2) is 5.13. The first-order valence-electron chi connectivity index (χ1n) is 6.46. The van der Waals surface area contributed by atoms with Gasteiger partial charge in [-0.2, -0.15) is 0 Å². The lowest BCUT2D eigenvalue weighted by Gasteiger charge is -2.13. The molecule has 0 aliphatic heterocycles. The number of fused-ring (bicyclic) bond motifs is 1. The number of halogens is 4. The van der Waals surface area contributed by atoms with Crippen molar-refractivity contribution in [1.82, 2.24) is 0 Å². The first kappa shape index (κ1) is 13.5. The van der Waals surface area contributed by atoms with Gasteiger partial charge in [0.05, 0.1) is 5.38 Å². The molecule has 1 unspecified atom stereocenters. The minimum absolute atomic E-state index is 0.223. The van der Waals surface area contributed by atoms with Gasteiger partial charge in [-0.05, 0) is 53.6 Å². The van der Waals surface area contributed by atoms with Crippen molar-refractivity contribution >= 4 is 11.6 Å². The zero-order valence-electron chi connectivity index (χ0n) is 10.6. The van der Waals surface area contributed by atoms with E-state index in [0.29, 0.717) is 0 Å². The highest BCUT2D eigenvalue weighted by Gasteiger charge is 2.19. The Bertz CT molecular complexity index is 644. The third kappa shape index (κ3) is 2.31. The summed E-state index contributed by atoms with van der Waals surface area (Å²) in [5.41, 5.74) is 3.53.